The Morgan fingerprint density at radius 1 is 1.19 bits per heavy atom. The molecule has 0 aliphatic carbocycles. The molecule has 0 aliphatic heterocycles. The number of halogens is 3. The van der Waals surface area contributed by atoms with Gasteiger partial charge in [0.2, 0.25) is 5.91 Å². The standard InChI is InChI=1S/C13H15F3N2O3/c1-3-21-11(20)12(13(14,15)16,17-9(2)19)18-10-7-5-4-6-8-10/h4-8,18H,3H2,1-2H3,(H,17,19)/t12-/m1/s1. The van der Waals surface area contributed by atoms with Crippen LogP contribution in [-0.4, -0.2) is 30.3 Å². The number of esters is 1. The first kappa shape index (κ1) is 16.8. The third-order valence-electron chi connectivity index (χ3n) is 2.48. The maximum absolute atomic E-state index is 13.4. The van der Waals surface area contributed by atoms with Gasteiger partial charge in [0, 0.05) is 12.6 Å². The molecular weight excluding hydrogens is 289 g/mol. The number of rotatable bonds is 5. The van der Waals surface area contributed by atoms with E-state index in [1.165, 1.54) is 31.2 Å². The Hall–Kier alpha value is -2.25. The van der Waals surface area contributed by atoms with Gasteiger partial charge in [-0.05, 0) is 19.1 Å². The van der Waals surface area contributed by atoms with Gasteiger partial charge in [-0.3, -0.25) is 4.79 Å². The number of hydrogen-bond donors (Lipinski definition) is 2. The average Bonchev–Trinajstić information content (AvgIpc) is 2.37. The highest BCUT2D eigenvalue weighted by molar-refractivity contribution is 5.90. The van der Waals surface area contributed by atoms with E-state index in [2.05, 4.69) is 4.74 Å². The molecule has 2 N–H and O–H groups in total. The van der Waals surface area contributed by atoms with E-state index in [4.69, 9.17) is 0 Å². The first-order chi connectivity index (χ1) is 9.73. The van der Waals surface area contributed by atoms with E-state index in [1.54, 1.807) is 11.4 Å². The number of anilines is 1. The summed E-state index contributed by atoms with van der Waals surface area (Å²) in [6.45, 7) is 1.99. The molecule has 0 spiro atoms. The van der Waals surface area contributed by atoms with Gasteiger partial charge in [0.1, 0.15) is 0 Å². The summed E-state index contributed by atoms with van der Waals surface area (Å²) >= 11 is 0. The first-order valence-electron chi connectivity index (χ1n) is 6.09. The van der Waals surface area contributed by atoms with Gasteiger partial charge in [0.15, 0.2) is 0 Å². The minimum atomic E-state index is -5.10. The Balaban J connectivity index is 3.29. The van der Waals surface area contributed by atoms with Crippen molar-refractivity contribution >= 4 is 17.6 Å². The zero-order valence-corrected chi connectivity index (χ0v) is 11.5. The maximum atomic E-state index is 13.4. The van der Waals surface area contributed by atoms with E-state index in [-0.39, 0.29) is 12.3 Å². The molecule has 0 bridgehead atoms. The minimum absolute atomic E-state index is 0.0108. The van der Waals surface area contributed by atoms with Gasteiger partial charge in [-0.2, -0.15) is 13.2 Å². The van der Waals surface area contributed by atoms with Crippen LogP contribution in [0.1, 0.15) is 13.8 Å². The molecule has 0 radical (unpaired) electrons. The zero-order valence-electron chi connectivity index (χ0n) is 11.5. The lowest BCUT2D eigenvalue weighted by Crippen LogP contribution is -2.69. The molecule has 0 heterocycles. The van der Waals surface area contributed by atoms with Crippen LogP contribution in [0, 0.1) is 0 Å². The summed E-state index contributed by atoms with van der Waals surface area (Å²) < 4.78 is 44.7. The summed E-state index contributed by atoms with van der Waals surface area (Å²) in [6.07, 6.45) is -5.10. The second kappa shape index (κ2) is 6.47. The molecule has 5 nitrogen and oxygen atoms in total. The monoisotopic (exact) mass is 304 g/mol. The second-order valence-corrected chi connectivity index (χ2v) is 4.14. The highest BCUT2D eigenvalue weighted by atomic mass is 19.4. The van der Waals surface area contributed by atoms with Gasteiger partial charge in [-0.1, -0.05) is 18.2 Å². The number of nitrogens with one attached hydrogen (secondary N) is 2. The number of carbonyl (C=O) groups is 2. The fourth-order valence-electron chi connectivity index (χ4n) is 1.63. The largest absolute Gasteiger partial charge is 0.463 e. The molecule has 1 aromatic rings. The molecule has 0 unspecified atom stereocenters. The normalized spacial score (nSPS) is 14.0. The molecule has 1 atom stereocenters. The summed E-state index contributed by atoms with van der Waals surface area (Å²) in [4.78, 5) is 23.0. The lowest BCUT2D eigenvalue weighted by Gasteiger charge is -2.35. The van der Waals surface area contributed by atoms with Crippen LogP contribution < -0.4 is 10.6 Å². The minimum Gasteiger partial charge on any atom is -0.463 e. The molecule has 8 heteroatoms. The molecule has 0 saturated carbocycles. The van der Waals surface area contributed by atoms with E-state index in [9.17, 15) is 22.8 Å². The Bertz CT molecular complexity index is 505. The third kappa shape index (κ3) is 3.87. The number of carbonyl (C=O) groups excluding carboxylic acids is 2. The van der Waals surface area contributed by atoms with Crippen LogP contribution >= 0.6 is 0 Å². The van der Waals surface area contributed by atoms with E-state index < -0.39 is 23.7 Å². The predicted octanol–water partition coefficient (Wildman–Crippen LogP) is 2.06. The van der Waals surface area contributed by atoms with E-state index >= 15 is 0 Å². The van der Waals surface area contributed by atoms with Crippen LogP contribution in [0.5, 0.6) is 0 Å². The molecule has 0 fully saturated rings. The number of alkyl halides is 3. The van der Waals surface area contributed by atoms with Gasteiger partial charge in [-0.15, -0.1) is 0 Å². The van der Waals surface area contributed by atoms with Crippen molar-refractivity contribution in [3.05, 3.63) is 30.3 Å². The fraction of sp³-hybridized carbons (Fsp3) is 0.385. The molecular formula is C13H15F3N2O3. The third-order valence-corrected chi connectivity index (χ3v) is 2.48. The van der Waals surface area contributed by atoms with Crippen molar-refractivity contribution in [1.82, 2.24) is 5.32 Å². The number of amides is 1. The molecule has 1 amide bonds. The summed E-state index contributed by atoms with van der Waals surface area (Å²) in [6, 6.07) is 7.25. The van der Waals surface area contributed by atoms with Crippen molar-refractivity contribution in [1.29, 1.82) is 0 Å². The molecule has 0 aromatic heterocycles. The van der Waals surface area contributed by atoms with Crippen LogP contribution in [0.3, 0.4) is 0 Å². The molecule has 0 aliphatic rings. The van der Waals surface area contributed by atoms with Gasteiger partial charge >= 0.3 is 17.8 Å². The van der Waals surface area contributed by atoms with Gasteiger partial charge in [-0.25, -0.2) is 4.79 Å². The summed E-state index contributed by atoms with van der Waals surface area (Å²) in [7, 11) is 0. The summed E-state index contributed by atoms with van der Waals surface area (Å²) in [5.41, 5.74) is -3.33. The van der Waals surface area contributed by atoms with Crippen molar-refractivity contribution in [2.75, 3.05) is 11.9 Å². The smallest absolute Gasteiger partial charge is 0.441 e. The number of hydrogen-bond acceptors (Lipinski definition) is 4. The van der Waals surface area contributed by atoms with Gasteiger partial charge in [0.05, 0.1) is 6.61 Å². The topological polar surface area (TPSA) is 67.4 Å². The molecule has 116 valence electrons. The van der Waals surface area contributed by atoms with E-state index in [1.807, 2.05) is 5.32 Å². The summed E-state index contributed by atoms with van der Waals surface area (Å²) in [5, 5.41) is 3.63. The lowest BCUT2D eigenvalue weighted by atomic mass is 10.1. The molecule has 1 aromatic carbocycles. The first-order valence-corrected chi connectivity index (χ1v) is 6.09. The number of benzene rings is 1. The van der Waals surface area contributed by atoms with Crippen LogP contribution in [-0.2, 0) is 14.3 Å². The Labute approximate surface area is 119 Å². The SMILES string of the molecule is CCOC(=O)[C@@](NC(C)=O)(Nc1ccccc1)C(F)(F)F. The van der Waals surface area contributed by atoms with Gasteiger partial charge in [0.25, 0.3) is 0 Å². The Morgan fingerprint density at radius 3 is 2.19 bits per heavy atom. The maximum Gasteiger partial charge on any atom is 0.441 e. The Kier molecular flexibility index (Phi) is 5.17. The Morgan fingerprint density at radius 2 is 1.76 bits per heavy atom. The van der Waals surface area contributed by atoms with Crippen molar-refractivity contribution in [3.8, 4) is 0 Å². The van der Waals surface area contributed by atoms with Crippen LogP contribution in [0.4, 0.5) is 18.9 Å². The summed E-state index contributed by atoms with van der Waals surface area (Å²) in [5.74, 6) is -2.65. The van der Waals surface area contributed by atoms with E-state index in [0.29, 0.717) is 0 Å². The highest BCUT2D eigenvalue weighted by Gasteiger charge is 2.63. The fourth-order valence-corrected chi connectivity index (χ4v) is 1.63. The quantitative estimate of drug-likeness (QED) is 0.645. The number of para-hydroxylation sites is 1. The zero-order chi connectivity index (χ0) is 16.1. The molecule has 0 saturated heterocycles. The second-order valence-electron chi connectivity index (χ2n) is 4.14. The average molecular weight is 304 g/mol. The van der Waals surface area contributed by atoms with Crippen molar-refractivity contribution in [2.24, 2.45) is 0 Å². The molecule has 21 heavy (non-hydrogen) atoms. The van der Waals surface area contributed by atoms with Crippen LogP contribution in [0.15, 0.2) is 30.3 Å². The van der Waals surface area contributed by atoms with Crippen molar-refractivity contribution in [2.45, 2.75) is 25.7 Å². The molecule has 1 rings (SSSR count). The predicted molar refractivity (Wildman–Crippen MR) is 69.3 cm³/mol. The van der Waals surface area contributed by atoms with Crippen molar-refractivity contribution < 1.29 is 27.5 Å². The highest BCUT2D eigenvalue weighted by Crippen LogP contribution is 2.33. The van der Waals surface area contributed by atoms with Crippen LogP contribution in [0.2, 0.25) is 0 Å². The number of ether oxygens (including phenoxy) is 1. The lowest BCUT2D eigenvalue weighted by molar-refractivity contribution is -0.207. The van der Waals surface area contributed by atoms with Gasteiger partial charge < -0.3 is 15.4 Å². The van der Waals surface area contributed by atoms with Crippen LogP contribution in [0.25, 0.3) is 0 Å². The van der Waals surface area contributed by atoms with Crippen molar-refractivity contribution in [3.63, 3.8) is 0 Å². The van der Waals surface area contributed by atoms with E-state index in [0.717, 1.165) is 6.92 Å².